The summed E-state index contributed by atoms with van der Waals surface area (Å²) in [6, 6.07) is 5.76. The Hall–Kier alpha value is -1.45. The van der Waals surface area contributed by atoms with Crippen molar-refractivity contribution in [3.63, 3.8) is 0 Å². The highest BCUT2D eigenvalue weighted by Crippen LogP contribution is 2.32. The van der Waals surface area contributed by atoms with Crippen LogP contribution in [0, 0.1) is 0 Å². The Bertz CT molecular complexity index is 703. The molecule has 0 radical (unpaired) electrons. The maximum Gasteiger partial charge on any atom is 0.416 e. The number of rotatable bonds is 3. The van der Waals surface area contributed by atoms with Crippen LogP contribution in [-0.2, 0) is 11.0 Å². The Morgan fingerprint density at radius 2 is 1.93 bits per heavy atom. The maximum absolute atomic E-state index is 12.9. The van der Waals surface area contributed by atoms with Gasteiger partial charge in [-0.1, -0.05) is 6.07 Å². The van der Waals surface area contributed by atoms with Crippen molar-refractivity contribution in [3.05, 3.63) is 29.8 Å². The first kappa shape index (κ1) is 19.8. The minimum absolute atomic E-state index is 0.106. The number of carbonyl (C=O) groups excluding carboxylic acids is 1. The quantitative estimate of drug-likeness (QED) is 0.820. The van der Waals surface area contributed by atoms with E-state index in [0.29, 0.717) is 24.8 Å². The molecule has 1 amide bonds. The Balaban J connectivity index is 1.31. The van der Waals surface area contributed by atoms with Crippen LogP contribution in [0.5, 0.6) is 0 Å². The number of thioether (sulfide) groups is 1. The Morgan fingerprint density at radius 3 is 2.61 bits per heavy atom. The average molecular weight is 414 g/mol. The third-order valence-electron chi connectivity index (χ3n) is 5.84. The van der Waals surface area contributed by atoms with Gasteiger partial charge >= 0.3 is 6.18 Å². The standard InChI is InChI=1S/C19H25F3N4OS/c20-19(21,22)14-2-1-3-15(10-14)24-4-6-25(7-5-24)16-11-17(23-12-16)18(27)26-8-9-28-13-26/h1-3,10,16-17,23H,4-9,11-13H2/t16-,17-/m0/s1. The van der Waals surface area contributed by atoms with Crippen molar-refractivity contribution in [3.8, 4) is 0 Å². The molecule has 3 heterocycles. The summed E-state index contributed by atoms with van der Waals surface area (Å²) >= 11 is 1.79. The van der Waals surface area contributed by atoms with Crippen molar-refractivity contribution in [2.75, 3.05) is 55.8 Å². The van der Waals surface area contributed by atoms with E-state index < -0.39 is 11.7 Å². The number of nitrogens with zero attached hydrogens (tertiary/aromatic N) is 3. The normalized spacial score (nSPS) is 26.8. The predicted molar refractivity (Wildman–Crippen MR) is 104 cm³/mol. The Kier molecular flexibility index (Phi) is 5.76. The summed E-state index contributed by atoms with van der Waals surface area (Å²) < 4.78 is 38.8. The fraction of sp³-hybridized carbons (Fsp3) is 0.632. The van der Waals surface area contributed by atoms with Gasteiger partial charge in [0.25, 0.3) is 0 Å². The molecule has 9 heteroatoms. The van der Waals surface area contributed by atoms with Crippen LogP contribution in [-0.4, -0.2) is 78.7 Å². The smallest absolute Gasteiger partial charge is 0.369 e. The number of alkyl halides is 3. The van der Waals surface area contributed by atoms with Crippen LogP contribution in [0.2, 0.25) is 0 Å². The van der Waals surface area contributed by atoms with E-state index in [9.17, 15) is 18.0 Å². The molecule has 0 spiro atoms. The zero-order valence-corrected chi connectivity index (χ0v) is 16.4. The van der Waals surface area contributed by atoms with Gasteiger partial charge in [-0.05, 0) is 24.6 Å². The van der Waals surface area contributed by atoms with Crippen LogP contribution >= 0.6 is 11.8 Å². The molecule has 0 aromatic heterocycles. The van der Waals surface area contributed by atoms with Crippen LogP contribution in [0.25, 0.3) is 0 Å². The molecule has 1 aromatic rings. The molecular weight excluding hydrogens is 389 g/mol. The van der Waals surface area contributed by atoms with Gasteiger partial charge in [0.2, 0.25) is 5.91 Å². The van der Waals surface area contributed by atoms with Crippen LogP contribution in [0.4, 0.5) is 18.9 Å². The zero-order valence-electron chi connectivity index (χ0n) is 15.6. The number of amides is 1. The summed E-state index contributed by atoms with van der Waals surface area (Å²) in [6.07, 6.45) is -3.51. The summed E-state index contributed by atoms with van der Waals surface area (Å²) in [7, 11) is 0. The summed E-state index contributed by atoms with van der Waals surface area (Å²) in [5.41, 5.74) is 0.0208. The molecule has 5 nitrogen and oxygen atoms in total. The van der Waals surface area contributed by atoms with E-state index in [1.54, 1.807) is 17.8 Å². The minimum Gasteiger partial charge on any atom is -0.369 e. The van der Waals surface area contributed by atoms with E-state index in [-0.39, 0.29) is 11.9 Å². The summed E-state index contributed by atoms with van der Waals surface area (Å²) in [4.78, 5) is 18.9. The molecular formula is C19H25F3N4OS. The van der Waals surface area contributed by atoms with Crippen molar-refractivity contribution in [1.29, 1.82) is 0 Å². The number of piperazine rings is 1. The highest BCUT2D eigenvalue weighted by Gasteiger charge is 2.37. The minimum atomic E-state index is -4.32. The third kappa shape index (κ3) is 4.26. The van der Waals surface area contributed by atoms with Gasteiger partial charge in [-0.2, -0.15) is 13.2 Å². The van der Waals surface area contributed by atoms with E-state index in [4.69, 9.17) is 0 Å². The topological polar surface area (TPSA) is 38.8 Å². The fourth-order valence-corrected chi connectivity index (χ4v) is 5.17. The molecule has 1 aromatic carbocycles. The molecule has 154 valence electrons. The second-order valence-corrected chi connectivity index (χ2v) is 8.64. The molecule has 3 aliphatic rings. The number of nitrogens with one attached hydrogen (secondary N) is 1. The molecule has 3 saturated heterocycles. The fourth-order valence-electron chi connectivity index (χ4n) is 4.22. The van der Waals surface area contributed by atoms with Crippen LogP contribution in [0.1, 0.15) is 12.0 Å². The largest absolute Gasteiger partial charge is 0.416 e. The Labute approximate surface area is 167 Å². The average Bonchev–Trinajstić information content (AvgIpc) is 3.39. The second kappa shape index (κ2) is 8.12. The maximum atomic E-state index is 12.9. The van der Waals surface area contributed by atoms with Crippen molar-refractivity contribution in [1.82, 2.24) is 15.1 Å². The lowest BCUT2D eigenvalue weighted by Gasteiger charge is -2.39. The molecule has 0 unspecified atom stereocenters. The van der Waals surface area contributed by atoms with Crippen LogP contribution in [0.3, 0.4) is 0 Å². The molecule has 0 saturated carbocycles. The van der Waals surface area contributed by atoms with E-state index in [2.05, 4.69) is 10.2 Å². The third-order valence-corrected chi connectivity index (χ3v) is 6.80. The van der Waals surface area contributed by atoms with Crippen molar-refractivity contribution < 1.29 is 18.0 Å². The number of hydrogen-bond donors (Lipinski definition) is 1. The number of hydrogen-bond acceptors (Lipinski definition) is 5. The zero-order chi connectivity index (χ0) is 19.7. The van der Waals surface area contributed by atoms with Gasteiger partial charge in [0.15, 0.2) is 0 Å². The first-order valence-electron chi connectivity index (χ1n) is 9.68. The lowest BCUT2D eigenvalue weighted by Crippen LogP contribution is -2.51. The van der Waals surface area contributed by atoms with E-state index in [1.807, 2.05) is 9.80 Å². The summed E-state index contributed by atoms with van der Waals surface area (Å²) in [5, 5.41) is 3.37. The lowest BCUT2D eigenvalue weighted by atomic mass is 10.1. The number of anilines is 1. The molecule has 28 heavy (non-hydrogen) atoms. The van der Waals surface area contributed by atoms with E-state index in [1.165, 1.54) is 12.1 Å². The van der Waals surface area contributed by atoms with E-state index in [0.717, 1.165) is 50.3 Å². The van der Waals surface area contributed by atoms with Crippen molar-refractivity contribution >= 4 is 23.4 Å². The molecule has 0 aliphatic carbocycles. The van der Waals surface area contributed by atoms with Gasteiger partial charge in [-0.15, -0.1) is 11.8 Å². The molecule has 0 bridgehead atoms. The van der Waals surface area contributed by atoms with Gasteiger partial charge in [0.1, 0.15) is 0 Å². The molecule has 1 N–H and O–H groups in total. The summed E-state index contributed by atoms with van der Waals surface area (Å²) in [6.45, 7) is 4.60. The summed E-state index contributed by atoms with van der Waals surface area (Å²) in [5.74, 6) is 2.01. The Morgan fingerprint density at radius 1 is 1.14 bits per heavy atom. The monoisotopic (exact) mass is 414 g/mol. The molecule has 2 atom stereocenters. The predicted octanol–water partition coefficient (Wildman–Crippen LogP) is 2.09. The highest BCUT2D eigenvalue weighted by molar-refractivity contribution is 7.99. The second-order valence-electron chi connectivity index (χ2n) is 7.56. The van der Waals surface area contributed by atoms with Crippen molar-refractivity contribution in [2.45, 2.75) is 24.7 Å². The van der Waals surface area contributed by atoms with Gasteiger partial charge in [0, 0.05) is 56.8 Å². The molecule has 4 rings (SSSR count). The number of halogens is 3. The number of benzene rings is 1. The van der Waals surface area contributed by atoms with Crippen molar-refractivity contribution in [2.24, 2.45) is 0 Å². The van der Waals surface area contributed by atoms with E-state index >= 15 is 0 Å². The van der Waals surface area contributed by atoms with Gasteiger partial charge < -0.3 is 15.1 Å². The molecule has 3 fully saturated rings. The first-order valence-corrected chi connectivity index (χ1v) is 10.8. The van der Waals surface area contributed by atoms with Crippen LogP contribution < -0.4 is 10.2 Å². The lowest BCUT2D eigenvalue weighted by molar-refractivity contribution is -0.137. The highest BCUT2D eigenvalue weighted by atomic mass is 32.2. The SMILES string of the molecule is O=C([C@@H]1C[C@H](N2CCN(c3cccc(C(F)(F)F)c3)CC2)CN1)N1CCSC1. The van der Waals surface area contributed by atoms with Crippen LogP contribution in [0.15, 0.2) is 24.3 Å². The molecule has 3 aliphatic heterocycles. The van der Waals surface area contributed by atoms with Gasteiger partial charge in [-0.3, -0.25) is 9.69 Å². The number of carbonyl (C=O) groups is 1. The first-order chi connectivity index (χ1) is 13.4. The van der Waals surface area contributed by atoms with Gasteiger partial charge in [-0.25, -0.2) is 0 Å². The van der Waals surface area contributed by atoms with Gasteiger partial charge in [0.05, 0.1) is 17.5 Å².